The van der Waals surface area contributed by atoms with E-state index < -0.39 is 17.9 Å². The molecule has 0 bridgehead atoms. The zero-order valence-corrected chi connectivity index (χ0v) is 9.79. The molecule has 0 saturated heterocycles. The molecule has 0 atom stereocenters. The predicted molar refractivity (Wildman–Crippen MR) is 45.3 cm³/mol. The van der Waals surface area contributed by atoms with Crippen LogP contribution in [0.4, 0.5) is 0 Å². The van der Waals surface area contributed by atoms with E-state index in [1.807, 2.05) is 0 Å². The molecule has 1 heteroatoms. The minimum absolute atomic E-state index is 0.722. The third-order valence-electron chi connectivity index (χ3n) is 2.00. The molecule has 0 saturated carbocycles. The van der Waals surface area contributed by atoms with Crippen LogP contribution in [0.15, 0.2) is 0 Å². The van der Waals surface area contributed by atoms with Gasteiger partial charge in [-0.25, -0.2) is 0 Å². The summed E-state index contributed by atoms with van der Waals surface area (Å²) in [5.74, 6) is 0. The van der Waals surface area contributed by atoms with Gasteiger partial charge in [0, 0.05) is 0 Å². The summed E-state index contributed by atoms with van der Waals surface area (Å²) in [6, 6.07) is 0. The van der Waals surface area contributed by atoms with E-state index in [1.54, 1.807) is 0 Å². The van der Waals surface area contributed by atoms with Gasteiger partial charge in [0.05, 0.1) is 0 Å². The fraction of sp³-hybridized carbons (Fsp3) is 1.00. The topological polar surface area (TPSA) is 0 Å². The molecule has 0 aliphatic carbocycles. The van der Waals surface area contributed by atoms with E-state index in [2.05, 4.69) is 41.5 Å². The molecule has 0 aliphatic rings. The Morgan fingerprint density at radius 3 is 0.800 bits per heavy atom. The van der Waals surface area contributed by atoms with Crippen LogP contribution in [-0.2, 0) is 17.9 Å². The van der Waals surface area contributed by atoms with Crippen LogP contribution >= 0.6 is 0 Å². The van der Waals surface area contributed by atoms with Gasteiger partial charge in [0.15, 0.2) is 0 Å². The number of hydrogen-bond donors (Lipinski definition) is 0. The molecule has 0 aromatic rings. The SMILES string of the molecule is C[CH](C)[Ti]([CH](C)C)[CH](C)C. The first-order valence-corrected chi connectivity index (χ1v) is 7.03. The van der Waals surface area contributed by atoms with Crippen molar-refractivity contribution in [3.8, 4) is 0 Å². The second-order valence-electron chi connectivity index (χ2n) is 3.96. The van der Waals surface area contributed by atoms with Crippen LogP contribution in [0.2, 0.25) is 12.7 Å². The summed E-state index contributed by atoms with van der Waals surface area (Å²) in [5, 5.41) is 0. The first-order valence-electron chi connectivity index (χ1n) is 4.33. The first-order chi connectivity index (χ1) is 4.46. The van der Waals surface area contributed by atoms with Crippen molar-refractivity contribution in [3.05, 3.63) is 0 Å². The summed E-state index contributed by atoms with van der Waals surface area (Å²) in [7, 11) is 0. The van der Waals surface area contributed by atoms with Crippen molar-refractivity contribution in [1.82, 2.24) is 0 Å². The van der Waals surface area contributed by atoms with Gasteiger partial charge in [-0.15, -0.1) is 0 Å². The van der Waals surface area contributed by atoms with E-state index >= 15 is 0 Å². The maximum atomic E-state index is 2.40. The Morgan fingerprint density at radius 2 is 0.800 bits per heavy atom. The molecule has 0 aromatic carbocycles. The third kappa shape index (κ3) is 3.21. The Bertz CT molecular complexity index is 65.7. The summed E-state index contributed by atoms with van der Waals surface area (Å²) in [4.78, 5) is 0. The van der Waals surface area contributed by atoms with Crippen LogP contribution < -0.4 is 0 Å². The molecule has 0 radical (unpaired) electrons. The van der Waals surface area contributed by atoms with Crippen molar-refractivity contribution >= 4 is 0 Å². The molecule has 0 nitrogen and oxygen atoms in total. The van der Waals surface area contributed by atoms with Crippen LogP contribution in [0.1, 0.15) is 41.5 Å². The summed E-state index contributed by atoms with van der Waals surface area (Å²) < 4.78 is 3.00. The molecule has 61 valence electrons. The molecule has 0 unspecified atom stereocenters. The van der Waals surface area contributed by atoms with Gasteiger partial charge in [-0.05, 0) is 0 Å². The van der Waals surface area contributed by atoms with Crippen LogP contribution in [0.3, 0.4) is 0 Å². The molecular formula is C9H21Ti. The quantitative estimate of drug-likeness (QED) is 0.569. The Labute approximate surface area is 72.2 Å². The van der Waals surface area contributed by atoms with Gasteiger partial charge < -0.3 is 0 Å². The Morgan fingerprint density at radius 1 is 0.600 bits per heavy atom. The summed E-state index contributed by atoms with van der Waals surface area (Å²) in [6.45, 7) is 14.4. The van der Waals surface area contributed by atoms with Crippen molar-refractivity contribution in [2.24, 2.45) is 0 Å². The normalized spacial score (nSPS) is 11.7. The van der Waals surface area contributed by atoms with E-state index in [0.29, 0.717) is 0 Å². The standard InChI is InChI=1S/3C3H7.Ti/c3*1-3-2;/h3*3H,1-2H3;. The van der Waals surface area contributed by atoms with Gasteiger partial charge in [0.25, 0.3) is 0 Å². The van der Waals surface area contributed by atoms with Crippen LogP contribution in [-0.4, -0.2) is 0 Å². The summed E-state index contributed by atoms with van der Waals surface area (Å²) in [5.41, 5.74) is 0. The molecule has 0 fully saturated rings. The summed E-state index contributed by atoms with van der Waals surface area (Å²) >= 11 is -0.722. The van der Waals surface area contributed by atoms with E-state index in [9.17, 15) is 0 Å². The van der Waals surface area contributed by atoms with Crippen LogP contribution in [0, 0.1) is 0 Å². The predicted octanol–water partition coefficient (Wildman–Crippen LogP) is 4.09. The average molecular weight is 177 g/mol. The Hall–Kier alpha value is 0.714. The fourth-order valence-corrected chi connectivity index (χ4v) is 8.25. The molecule has 0 amide bonds. The van der Waals surface area contributed by atoms with E-state index in [4.69, 9.17) is 0 Å². The Balaban J connectivity index is 3.98. The van der Waals surface area contributed by atoms with Crippen molar-refractivity contribution in [2.45, 2.75) is 54.2 Å². The first kappa shape index (κ1) is 10.7. The second kappa shape index (κ2) is 4.56. The molecule has 0 heterocycles. The molecule has 0 rings (SSSR count). The van der Waals surface area contributed by atoms with Gasteiger partial charge in [0.2, 0.25) is 0 Å². The third-order valence-corrected chi connectivity index (χ3v) is 8.25. The monoisotopic (exact) mass is 177 g/mol. The fourth-order valence-electron chi connectivity index (χ4n) is 2.00. The summed E-state index contributed by atoms with van der Waals surface area (Å²) in [6.07, 6.45) is 0. The van der Waals surface area contributed by atoms with Gasteiger partial charge in [-0.2, -0.15) is 0 Å². The van der Waals surface area contributed by atoms with Crippen molar-refractivity contribution in [3.63, 3.8) is 0 Å². The zero-order valence-electron chi connectivity index (χ0n) is 8.23. The van der Waals surface area contributed by atoms with E-state index in [1.165, 1.54) is 0 Å². The average Bonchev–Trinajstić information content (AvgIpc) is 1.59. The Kier molecular flexibility index (Phi) is 4.89. The van der Waals surface area contributed by atoms with Gasteiger partial charge in [-0.1, -0.05) is 0 Å². The molecule has 10 heavy (non-hydrogen) atoms. The van der Waals surface area contributed by atoms with Crippen molar-refractivity contribution in [1.29, 1.82) is 0 Å². The molecule has 0 spiro atoms. The molecule has 0 aliphatic heterocycles. The zero-order chi connectivity index (χ0) is 8.31. The van der Waals surface area contributed by atoms with Gasteiger partial charge >= 0.3 is 72.1 Å². The van der Waals surface area contributed by atoms with Crippen LogP contribution in [0.5, 0.6) is 0 Å². The second-order valence-corrected chi connectivity index (χ2v) is 10.9. The van der Waals surface area contributed by atoms with Gasteiger partial charge in [0.1, 0.15) is 0 Å². The van der Waals surface area contributed by atoms with Gasteiger partial charge in [-0.3, -0.25) is 0 Å². The molecule has 0 aromatic heterocycles. The number of hydrogen-bond acceptors (Lipinski definition) is 0. The van der Waals surface area contributed by atoms with E-state index in [-0.39, 0.29) is 0 Å². The number of rotatable bonds is 3. The van der Waals surface area contributed by atoms with Crippen molar-refractivity contribution < 1.29 is 17.9 Å². The van der Waals surface area contributed by atoms with Crippen LogP contribution in [0.25, 0.3) is 0 Å². The van der Waals surface area contributed by atoms with E-state index in [0.717, 1.165) is 12.7 Å². The minimum atomic E-state index is -0.722. The maximum absolute atomic E-state index is 2.40. The van der Waals surface area contributed by atoms with Crippen molar-refractivity contribution in [2.75, 3.05) is 0 Å². The molecule has 0 N–H and O–H groups in total. The molecular weight excluding hydrogens is 156 g/mol.